The monoisotopic (exact) mass is 340 g/mol. The van der Waals surface area contributed by atoms with Crippen LogP contribution in [0.4, 0.5) is 0 Å². The molecule has 0 saturated carbocycles. The van der Waals surface area contributed by atoms with Crippen LogP contribution in [0, 0.1) is 0 Å². The highest BCUT2D eigenvalue weighted by Gasteiger charge is 2.21. The minimum atomic E-state index is -0.122. The van der Waals surface area contributed by atoms with Gasteiger partial charge in [-0.1, -0.05) is 18.5 Å². The van der Waals surface area contributed by atoms with Crippen molar-refractivity contribution < 1.29 is 14.3 Å². The van der Waals surface area contributed by atoms with E-state index < -0.39 is 0 Å². The fraction of sp³-hybridized carbons (Fsp3) is 0.588. The van der Waals surface area contributed by atoms with Crippen LogP contribution in [-0.2, 0) is 0 Å². The average Bonchev–Trinajstić information content (AvgIpc) is 2.57. The molecule has 1 heterocycles. The molecular formula is C17H25ClN2O3. The lowest BCUT2D eigenvalue weighted by Gasteiger charge is -2.31. The highest BCUT2D eigenvalue weighted by atomic mass is 35.5. The summed E-state index contributed by atoms with van der Waals surface area (Å²) in [5, 5.41) is 3.48. The van der Waals surface area contributed by atoms with Gasteiger partial charge in [-0.3, -0.25) is 4.79 Å². The third-order valence-corrected chi connectivity index (χ3v) is 4.43. The summed E-state index contributed by atoms with van der Waals surface area (Å²) in [5.74, 6) is 0.831. The molecule has 1 fully saturated rings. The van der Waals surface area contributed by atoms with Crippen LogP contribution in [0.1, 0.15) is 37.0 Å². The standard InChI is InChI=1S/C17H25ClN2O3/c1-4-20-8-6-13(7-9-20)19-17(21)12-10-14(18)16(23-5-2)15(11-12)22-3/h10-11,13H,4-9H2,1-3H3,(H,19,21). The third-order valence-electron chi connectivity index (χ3n) is 4.15. The number of piperidine rings is 1. The first-order valence-corrected chi connectivity index (χ1v) is 8.50. The number of methoxy groups -OCH3 is 1. The Labute approximate surface area is 142 Å². The van der Waals surface area contributed by atoms with Crippen molar-refractivity contribution in [3.8, 4) is 11.5 Å². The van der Waals surface area contributed by atoms with Gasteiger partial charge in [0.1, 0.15) is 0 Å². The fourth-order valence-corrected chi connectivity index (χ4v) is 3.06. The molecule has 0 spiro atoms. The van der Waals surface area contributed by atoms with Gasteiger partial charge < -0.3 is 19.7 Å². The van der Waals surface area contributed by atoms with E-state index in [0.717, 1.165) is 32.5 Å². The molecule has 1 N–H and O–H groups in total. The van der Waals surface area contributed by atoms with Gasteiger partial charge in [0, 0.05) is 24.7 Å². The molecule has 5 nitrogen and oxygen atoms in total. The summed E-state index contributed by atoms with van der Waals surface area (Å²) >= 11 is 6.23. The molecule has 0 radical (unpaired) electrons. The molecule has 2 rings (SSSR count). The van der Waals surface area contributed by atoms with E-state index in [1.807, 2.05) is 6.92 Å². The van der Waals surface area contributed by atoms with Gasteiger partial charge in [0.15, 0.2) is 11.5 Å². The molecule has 0 aliphatic carbocycles. The molecule has 128 valence electrons. The second kappa shape index (κ2) is 8.41. The summed E-state index contributed by atoms with van der Waals surface area (Å²) in [6.45, 7) is 7.62. The van der Waals surface area contributed by atoms with Gasteiger partial charge in [-0.2, -0.15) is 0 Å². The molecule has 0 aromatic heterocycles. The van der Waals surface area contributed by atoms with Gasteiger partial charge in [0.25, 0.3) is 5.91 Å². The van der Waals surface area contributed by atoms with E-state index >= 15 is 0 Å². The van der Waals surface area contributed by atoms with Crippen LogP contribution in [0.5, 0.6) is 11.5 Å². The Bertz CT molecular complexity index is 543. The SMILES string of the molecule is CCOc1c(Cl)cc(C(=O)NC2CCN(CC)CC2)cc1OC. The van der Waals surface area contributed by atoms with Gasteiger partial charge in [-0.15, -0.1) is 0 Å². The number of benzene rings is 1. The number of halogens is 1. The molecule has 1 aromatic rings. The lowest BCUT2D eigenvalue weighted by atomic mass is 10.0. The second-order valence-corrected chi connectivity index (χ2v) is 6.01. The number of amides is 1. The number of nitrogens with zero attached hydrogens (tertiary/aromatic N) is 1. The normalized spacial score (nSPS) is 16.2. The molecule has 1 saturated heterocycles. The van der Waals surface area contributed by atoms with Crippen molar-refractivity contribution in [1.82, 2.24) is 10.2 Å². The molecule has 6 heteroatoms. The second-order valence-electron chi connectivity index (χ2n) is 5.60. The molecule has 0 bridgehead atoms. The van der Waals surface area contributed by atoms with Crippen LogP contribution >= 0.6 is 11.6 Å². The maximum Gasteiger partial charge on any atom is 0.251 e. The molecule has 23 heavy (non-hydrogen) atoms. The zero-order valence-corrected chi connectivity index (χ0v) is 14.8. The van der Waals surface area contributed by atoms with Crippen molar-refractivity contribution in [3.63, 3.8) is 0 Å². The predicted octanol–water partition coefficient (Wildman–Crippen LogP) is 2.96. The maximum absolute atomic E-state index is 12.5. The third kappa shape index (κ3) is 4.52. The van der Waals surface area contributed by atoms with Crippen LogP contribution in [0.25, 0.3) is 0 Å². The van der Waals surface area contributed by atoms with Gasteiger partial charge in [-0.25, -0.2) is 0 Å². The first-order chi connectivity index (χ1) is 11.1. The fourth-order valence-electron chi connectivity index (χ4n) is 2.80. The summed E-state index contributed by atoms with van der Waals surface area (Å²) in [6.07, 6.45) is 1.95. The Morgan fingerprint density at radius 2 is 2.04 bits per heavy atom. The number of carbonyl (C=O) groups is 1. The van der Waals surface area contributed by atoms with Crippen molar-refractivity contribution in [3.05, 3.63) is 22.7 Å². The number of hydrogen-bond donors (Lipinski definition) is 1. The molecular weight excluding hydrogens is 316 g/mol. The number of nitrogens with one attached hydrogen (secondary N) is 1. The minimum absolute atomic E-state index is 0.122. The first kappa shape index (κ1) is 17.9. The Hall–Kier alpha value is -1.46. The summed E-state index contributed by atoms with van der Waals surface area (Å²) in [4.78, 5) is 14.9. The van der Waals surface area contributed by atoms with Crippen molar-refractivity contribution in [2.24, 2.45) is 0 Å². The number of hydrogen-bond acceptors (Lipinski definition) is 4. The largest absolute Gasteiger partial charge is 0.493 e. The molecule has 1 aliphatic heterocycles. The summed E-state index contributed by atoms with van der Waals surface area (Å²) < 4.78 is 10.8. The molecule has 0 unspecified atom stereocenters. The van der Waals surface area contributed by atoms with Crippen molar-refractivity contribution in [2.45, 2.75) is 32.7 Å². The zero-order chi connectivity index (χ0) is 16.8. The Balaban J connectivity index is 2.06. The summed E-state index contributed by atoms with van der Waals surface area (Å²) in [6, 6.07) is 3.51. The van der Waals surface area contributed by atoms with E-state index in [-0.39, 0.29) is 11.9 Å². The van der Waals surface area contributed by atoms with Crippen molar-refractivity contribution >= 4 is 17.5 Å². The molecule has 0 atom stereocenters. The van der Waals surface area contributed by atoms with Crippen LogP contribution < -0.4 is 14.8 Å². The molecule has 1 amide bonds. The van der Waals surface area contributed by atoms with Gasteiger partial charge in [-0.05, 0) is 38.4 Å². The maximum atomic E-state index is 12.5. The number of likely N-dealkylation sites (tertiary alicyclic amines) is 1. The number of carbonyl (C=O) groups excluding carboxylic acids is 1. The predicted molar refractivity (Wildman–Crippen MR) is 91.8 cm³/mol. The average molecular weight is 341 g/mol. The van der Waals surface area contributed by atoms with Crippen LogP contribution in [-0.4, -0.2) is 50.2 Å². The van der Waals surface area contributed by atoms with E-state index in [1.54, 1.807) is 12.1 Å². The Morgan fingerprint density at radius 3 is 2.61 bits per heavy atom. The highest BCUT2D eigenvalue weighted by Crippen LogP contribution is 2.36. The number of ether oxygens (including phenoxy) is 2. The topological polar surface area (TPSA) is 50.8 Å². The molecule has 1 aliphatic rings. The van der Waals surface area contributed by atoms with Gasteiger partial charge >= 0.3 is 0 Å². The van der Waals surface area contributed by atoms with Gasteiger partial charge in [0.05, 0.1) is 18.7 Å². The Kier molecular flexibility index (Phi) is 6.54. The lowest BCUT2D eigenvalue weighted by Crippen LogP contribution is -2.44. The molecule has 1 aromatic carbocycles. The van der Waals surface area contributed by atoms with Crippen molar-refractivity contribution in [1.29, 1.82) is 0 Å². The highest BCUT2D eigenvalue weighted by molar-refractivity contribution is 6.32. The minimum Gasteiger partial charge on any atom is -0.493 e. The summed E-state index contributed by atoms with van der Waals surface area (Å²) in [7, 11) is 1.54. The van der Waals surface area contributed by atoms with E-state index in [9.17, 15) is 4.79 Å². The van der Waals surface area contributed by atoms with E-state index in [4.69, 9.17) is 21.1 Å². The van der Waals surface area contributed by atoms with E-state index in [2.05, 4.69) is 17.1 Å². The summed E-state index contributed by atoms with van der Waals surface area (Å²) in [5.41, 5.74) is 0.494. The van der Waals surface area contributed by atoms with Gasteiger partial charge in [0.2, 0.25) is 0 Å². The number of rotatable bonds is 6. The zero-order valence-electron chi connectivity index (χ0n) is 14.0. The van der Waals surface area contributed by atoms with Crippen LogP contribution in [0.3, 0.4) is 0 Å². The van der Waals surface area contributed by atoms with Crippen LogP contribution in [0.2, 0.25) is 5.02 Å². The first-order valence-electron chi connectivity index (χ1n) is 8.12. The Morgan fingerprint density at radius 1 is 1.35 bits per heavy atom. The van der Waals surface area contributed by atoms with E-state index in [0.29, 0.717) is 28.7 Å². The lowest BCUT2D eigenvalue weighted by molar-refractivity contribution is 0.0912. The van der Waals surface area contributed by atoms with Crippen LogP contribution in [0.15, 0.2) is 12.1 Å². The van der Waals surface area contributed by atoms with E-state index in [1.165, 1.54) is 7.11 Å². The quantitative estimate of drug-likeness (QED) is 0.865. The smallest absolute Gasteiger partial charge is 0.251 e. The van der Waals surface area contributed by atoms with Crippen molar-refractivity contribution in [2.75, 3.05) is 33.4 Å².